The van der Waals surface area contributed by atoms with Gasteiger partial charge in [0.2, 0.25) is 0 Å². The summed E-state index contributed by atoms with van der Waals surface area (Å²) in [5.41, 5.74) is 2.21. The first-order chi connectivity index (χ1) is 17.9. The van der Waals surface area contributed by atoms with Crippen molar-refractivity contribution in [2.24, 2.45) is 0 Å². The van der Waals surface area contributed by atoms with Gasteiger partial charge in [0.05, 0.1) is 10.7 Å². The summed E-state index contributed by atoms with van der Waals surface area (Å²) >= 11 is 9.37. The van der Waals surface area contributed by atoms with E-state index >= 15 is 0 Å². The van der Waals surface area contributed by atoms with Gasteiger partial charge in [0, 0.05) is 41.8 Å². The van der Waals surface area contributed by atoms with Crippen LogP contribution in [0.1, 0.15) is 48.7 Å². The Labute approximate surface area is 235 Å². The van der Waals surface area contributed by atoms with E-state index in [1.54, 1.807) is 35.0 Å². The molecule has 0 radical (unpaired) electrons. The number of benzene rings is 3. The van der Waals surface area contributed by atoms with Crippen molar-refractivity contribution in [3.63, 3.8) is 0 Å². The highest BCUT2D eigenvalue weighted by Crippen LogP contribution is 2.34. The van der Waals surface area contributed by atoms with Crippen LogP contribution in [0.5, 0.6) is 11.5 Å². The van der Waals surface area contributed by atoms with Gasteiger partial charge in [-0.25, -0.2) is 9.18 Å². The molecule has 0 saturated carbocycles. The van der Waals surface area contributed by atoms with Gasteiger partial charge in [-0.2, -0.15) is 0 Å². The molecule has 38 heavy (non-hydrogen) atoms. The molecule has 4 rings (SSSR count). The van der Waals surface area contributed by atoms with Gasteiger partial charge in [-0.05, 0) is 75.6 Å². The third-order valence-electron chi connectivity index (χ3n) is 6.00. The van der Waals surface area contributed by atoms with Crippen molar-refractivity contribution in [2.75, 3.05) is 18.5 Å². The van der Waals surface area contributed by atoms with Crippen LogP contribution < -0.4 is 9.64 Å². The van der Waals surface area contributed by atoms with Crippen LogP contribution >= 0.6 is 27.5 Å². The molecule has 2 amide bonds. The Morgan fingerprint density at radius 1 is 1.13 bits per heavy atom. The predicted molar refractivity (Wildman–Crippen MR) is 150 cm³/mol. The van der Waals surface area contributed by atoms with Crippen molar-refractivity contribution in [3.8, 4) is 11.5 Å². The van der Waals surface area contributed by atoms with E-state index in [1.165, 1.54) is 18.2 Å². The highest BCUT2D eigenvalue weighted by molar-refractivity contribution is 9.10. The summed E-state index contributed by atoms with van der Waals surface area (Å²) < 4.78 is 26.0. The van der Waals surface area contributed by atoms with E-state index in [1.807, 2.05) is 39.0 Å². The zero-order valence-electron chi connectivity index (χ0n) is 21.7. The van der Waals surface area contributed by atoms with Crippen molar-refractivity contribution in [1.82, 2.24) is 4.90 Å². The fourth-order valence-electron chi connectivity index (χ4n) is 4.29. The van der Waals surface area contributed by atoms with Crippen LogP contribution in [0.3, 0.4) is 0 Å². The Kier molecular flexibility index (Phi) is 8.33. The summed E-state index contributed by atoms with van der Waals surface area (Å²) in [7, 11) is 1.72. The largest absolute Gasteiger partial charge is 0.457 e. The molecule has 0 fully saturated rings. The third-order valence-corrected chi connectivity index (χ3v) is 6.78. The normalized spacial score (nSPS) is 13.1. The number of hydrogen-bond acceptors (Lipinski definition) is 4. The van der Waals surface area contributed by atoms with Crippen molar-refractivity contribution in [2.45, 2.75) is 45.8 Å². The SMILES string of the molecule is CN(Cc1ccc(Br)cc1Oc1ccc(F)c(Cl)c1)C(=O)c1cccc2c1CCCN2C(=O)OC(C)(C)C. The molecule has 0 atom stereocenters. The molecule has 0 N–H and O–H groups in total. The lowest BCUT2D eigenvalue weighted by Gasteiger charge is -2.33. The van der Waals surface area contributed by atoms with Gasteiger partial charge < -0.3 is 14.4 Å². The Morgan fingerprint density at radius 3 is 2.61 bits per heavy atom. The van der Waals surface area contributed by atoms with Crippen LogP contribution in [-0.4, -0.2) is 36.1 Å². The highest BCUT2D eigenvalue weighted by Gasteiger charge is 2.30. The topological polar surface area (TPSA) is 59.1 Å². The second kappa shape index (κ2) is 11.3. The van der Waals surface area contributed by atoms with Crippen molar-refractivity contribution >= 4 is 45.2 Å². The average Bonchev–Trinajstić information content (AvgIpc) is 2.85. The molecule has 1 aliphatic rings. The van der Waals surface area contributed by atoms with Crippen molar-refractivity contribution in [1.29, 1.82) is 0 Å². The second-order valence-electron chi connectivity index (χ2n) is 10.1. The molecule has 3 aromatic rings. The first kappa shape index (κ1) is 27.9. The molecule has 200 valence electrons. The molecule has 9 heteroatoms. The summed E-state index contributed by atoms with van der Waals surface area (Å²) in [6, 6.07) is 15.1. The lowest BCUT2D eigenvalue weighted by molar-refractivity contribution is 0.0576. The Morgan fingerprint density at radius 2 is 1.89 bits per heavy atom. The fraction of sp³-hybridized carbons (Fsp3) is 0.310. The van der Waals surface area contributed by atoms with Gasteiger partial charge >= 0.3 is 6.09 Å². The summed E-state index contributed by atoms with van der Waals surface area (Å²) in [6.07, 6.45) is 0.988. The highest BCUT2D eigenvalue weighted by atomic mass is 79.9. The minimum atomic E-state index is -0.619. The summed E-state index contributed by atoms with van der Waals surface area (Å²) in [5.74, 6) is 0.179. The van der Waals surface area contributed by atoms with E-state index < -0.39 is 17.5 Å². The molecule has 0 spiro atoms. The molecule has 0 aromatic heterocycles. The van der Waals surface area contributed by atoms with Gasteiger partial charge in [-0.1, -0.05) is 39.7 Å². The van der Waals surface area contributed by atoms with Gasteiger partial charge in [0.15, 0.2) is 0 Å². The number of rotatable bonds is 5. The van der Waals surface area contributed by atoms with Gasteiger partial charge in [-0.15, -0.1) is 0 Å². The molecule has 0 unspecified atom stereocenters. The summed E-state index contributed by atoms with van der Waals surface area (Å²) in [6.45, 7) is 6.28. The van der Waals surface area contributed by atoms with Gasteiger partial charge in [0.1, 0.15) is 22.9 Å². The molecular formula is C29H29BrClFN2O4. The number of nitrogens with zero attached hydrogens (tertiary/aromatic N) is 2. The first-order valence-electron chi connectivity index (χ1n) is 12.2. The Hall–Kier alpha value is -3.10. The van der Waals surface area contributed by atoms with Crippen LogP contribution in [0.4, 0.5) is 14.9 Å². The Balaban J connectivity index is 1.58. The lowest BCUT2D eigenvalue weighted by Crippen LogP contribution is -2.40. The predicted octanol–water partition coefficient (Wildman–Crippen LogP) is 7.99. The number of fused-ring (bicyclic) bond motifs is 1. The van der Waals surface area contributed by atoms with Crippen LogP contribution in [-0.2, 0) is 17.7 Å². The van der Waals surface area contributed by atoms with Crippen LogP contribution in [0.25, 0.3) is 0 Å². The minimum absolute atomic E-state index is 0.0411. The van der Waals surface area contributed by atoms with Crippen molar-refractivity contribution in [3.05, 3.63) is 86.6 Å². The van der Waals surface area contributed by atoms with E-state index in [4.69, 9.17) is 21.1 Å². The number of carbonyl (C=O) groups is 2. The number of amides is 2. The maximum absolute atomic E-state index is 13.6. The van der Waals surface area contributed by atoms with E-state index in [9.17, 15) is 14.0 Å². The fourth-order valence-corrected chi connectivity index (χ4v) is 4.80. The van der Waals surface area contributed by atoms with Gasteiger partial charge in [-0.3, -0.25) is 9.69 Å². The minimum Gasteiger partial charge on any atom is -0.457 e. The van der Waals surface area contributed by atoms with Crippen LogP contribution in [0.15, 0.2) is 59.1 Å². The number of anilines is 1. The van der Waals surface area contributed by atoms with Crippen LogP contribution in [0, 0.1) is 5.82 Å². The third kappa shape index (κ3) is 6.48. The summed E-state index contributed by atoms with van der Waals surface area (Å²) in [4.78, 5) is 29.7. The second-order valence-corrected chi connectivity index (χ2v) is 11.5. The maximum Gasteiger partial charge on any atom is 0.414 e. The van der Waals surface area contributed by atoms with E-state index in [0.717, 1.165) is 22.0 Å². The molecule has 6 nitrogen and oxygen atoms in total. The van der Waals surface area contributed by atoms with Crippen molar-refractivity contribution < 1.29 is 23.5 Å². The zero-order valence-corrected chi connectivity index (χ0v) is 24.0. The standard InChI is InChI=1S/C29H29BrClFN2O4/c1-29(2,3)38-28(36)34-14-6-8-21-22(7-5-9-25(21)34)27(35)33(4)17-18-10-11-19(30)15-26(18)37-20-12-13-24(32)23(31)16-20/h5,7,9-13,15-16H,6,8,14,17H2,1-4H3. The lowest BCUT2D eigenvalue weighted by atomic mass is 9.95. The molecule has 3 aromatic carbocycles. The molecule has 0 saturated heterocycles. The Bertz CT molecular complexity index is 1380. The maximum atomic E-state index is 13.6. The number of ether oxygens (including phenoxy) is 2. The monoisotopic (exact) mass is 602 g/mol. The number of carbonyl (C=O) groups excluding carboxylic acids is 2. The van der Waals surface area contributed by atoms with E-state index in [0.29, 0.717) is 35.7 Å². The zero-order chi connectivity index (χ0) is 27.6. The first-order valence-corrected chi connectivity index (χ1v) is 13.4. The molecule has 0 bridgehead atoms. The molecule has 1 heterocycles. The molecule has 1 aliphatic heterocycles. The quantitative estimate of drug-likeness (QED) is 0.297. The number of hydrogen-bond donors (Lipinski definition) is 0. The smallest absolute Gasteiger partial charge is 0.414 e. The van der Waals surface area contributed by atoms with Crippen LogP contribution in [0.2, 0.25) is 5.02 Å². The molecule has 0 aliphatic carbocycles. The van der Waals surface area contributed by atoms with E-state index in [2.05, 4.69) is 15.9 Å². The van der Waals surface area contributed by atoms with Gasteiger partial charge in [0.25, 0.3) is 5.91 Å². The average molecular weight is 604 g/mol. The number of halogens is 3. The summed E-state index contributed by atoms with van der Waals surface area (Å²) in [5, 5.41) is -0.0411. The molecular weight excluding hydrogens is 575 g/mol. The van der Waals surface area contributed by atoms with E-state index in [-0.39, 0.29) is 17.5 Å².